The van der Waals surface area contributed by atoms with Crippen molar-refractivity contribution in [3.05, 3.63) is 75.2 Å². The van der Waals surface area contributed by atoms with Crippen LogP contribution >= 0.6 is 11.6 Å². The van der Waals surface area contributed by atoms with Gasteiger partial charge in [-0.1, -0.05) is 41.9 Å². The van der Waals surface area contributed by atoms with Gasteiger partial charge in [0.25, 0.3) is 5.56 Å². The standard InChI is InChI=1S/C17H13ClN2O3/c1-20-16(21)14-8-3-2-7-13(14)15(19-20)17(22)23-10-11-5-4-6-12(18)9-11/h2-9H,10H2,1H3. The lowest BCUT2D eigenvalue weighted by atomic mass is 10.1. The van der Waals surface area contributed by atoms with E-state index in [4.69, 9.17) is 16.3 Å². The number of hydrogen-bond donors (Lipinski definition) is 0. The van der Waals surface area contributed by atoms with Crippen LogP contribution in [0.3, 0.4) is 0 Å². The molecule has 1 heterocycles. The first-order valence-electron chi connectivity index (χ1n) is 6.94. The van der Waals surface area contributed by atoms with E-state index in [1.54, 1.807) is 42.5 Å². The fraction of sp³-hybridized carbons (Fsp3) is 0.118. The highest BCUT2D eigenvalue weighted by atomic mass is 35.5. The summed E-state index contributed by atoms with van der Waals surface area (Å²) in [4.78, 5) is 24.4. The largest absolute Gasteiger partial charge is 0.456 e. The Hall–Kier alpha value is -2.66. The van der Waals surface area contributed by atoms with E-state index in [1.165, 1.54) is 7.05 Å². The topological polar surface area (TPSA) is 61.2 Å². The molecular formula is C17H13ClN2O3. The normalized spacial score (nSPS) is 10.7. The average molecular weight is 329 g/mol. The molecule has 3 rings (SSSR count). The quantitative estimate of drug-likeness (QED) is 0.693. The number of aromatic nitrogens is 2. The smallest absolute Gasteiger partial charge is 0.359 e. The Balaban J connectivity index is 1.92. The highest BCUT2D eigenvalue weighted by Gasteiger charge is 2.16. The zero-order chi connectivity index (χ0) is 16.4. The second-order valence-corrected chi connectivity index (χ2v) is 5.47. The monoisotopic (exact) mass is 328 g/mol. The molecule has 0 aliphatic carbocycles. The zero-order valence-corrected chi connectivity index (χ0v) is 13.1. The van der Waals surface area contributed by atoms with Gasteiger partial charge in [-0.15, -0.1) is 0 Å². The van der Waals surface area contributed by atoms with Gasteiger partial charge in [0.1, 0.15) is 6.61 Å². The lowest BCUT2D eigenvalue weighted by Gasteiger charge is -2.08. The van der Waals surface area contributed by atoms with E-state index in [0.717, 1.165) is 10.2 Å². The molecular weight excluding hydrogens is 316 g/mol. The predicted molar refractivity (Wildman–Crippen MR) is 87.6 cm³/mol. The van der Waals surface area contributed by atoms with Gasteiger partial charge in [-0.3, -0.25) is 4.79 Å². The Morgan fingerprint density at radius 2 is 1.91 bits per heavy atom. The van der Waals surface area contributed by atoms with Crippen molar-refractivity contribution < 1.29 is 9.53 Å². The average Bonchev–Trinajstić information content (AvgIpc) is 2.56. The lowest BCUT2D eigenvalue weighted by molar-refractivity contribution is 0.0465. The van der Waals surface area contributed by atoms with Crippen molar-refractivity contribution in [1.82, 2.24) is 9.78 Å². The number of nitrogens with zero attached hydrogens (tertiary/aromatic N) is 2. The number of ether oxygens (including phenoxy) is 1. The summed E-state index contributed by atoms with van der Waals surface area (Å²) in [5.74, 6) is -0.586. The molecule has 0 spiro atoms. The van der Waals surface area contributed by atoms with Crippen LogP contribution in [0.1, 0.15) is 16.1 Å². The summed E-state index contributed by atoms with van der Waals surface area (Å²) in [6, 6.07) is 13.9. The van der Waals surface area contributed by atoms with Crippen LogP contribution in [0.4, 0.5) is 0 Å². The molecule has 0 aliphatic heterocycles. The van der Waals surface area contributed by atoms with E-state index in [2.05, 4.69) is 5.10 Å². The maximum Gasteiger partial charge on any atom is 0.359 e. The molecule has 6 heteroatoms. The van der Waals surface area contributed by atoms with Crippen molar-refractivity contribution in [2.24, 2.45) is 7.05 Å². The van der Waals surface area contributed by atoms with Gasteiger partial charge in [-0.05, 0) is 23.8 Å². The van der Waals surface area contributed by atoms with Gasteiger partial charge in [0.05, 0.1) is 5.39 Å². The first-order valence-corrected chi connectivity index (χ1v) is 7.31. The number of carbonyl (C=O) groups is 1. The number of benzene rings is 2. The molecule has 0 saturated heterocycles. The van der Waals surface area contributed by atoms with Crippen molar-refractivity contribution in [2.75, 3.05) is 0 Å². The Morgan fingerprint density at radius 1 is 1.17 bits per heavy atom. The summed E-state index contributed by atoms with van der Waals surface area (Å²) in [5, 5.41) is 5.52. The molecule has 5 nitrogen and oxygen atoms in total. The van der Waals surface area contributed by atoms with E-state index in [-0.39, 0.29) is 17.9 Å². The highest BCUT2D eigenvalue weighted by molar-refractivity contribution is 6.30. The van der Waals surface area contributed by atoms with Gasteiger partial charge in [-0.2, -0.15) is 5.10 Å². The fourth-order valence-corrected chi connectivity index (χ4v) is 2.51. The van der Waals surface area contributed by atoms with E-state index in [0.29, 0.717) is 15.8 Å². The molecule has 0 atom stereocenters. The van der Waals surface area contributed by atoms with E-state index < -0.39 is 5.97 Å². The molecule has 0 aliphatic rings. The number of esters is 1. The van der Waals surface area contributed by atoms with Crippen LogP contribution < -0.4 is 5.56 Å². The van der Waals surface area contributed by atoms with Gasteiger partial charge < -0.3 is 4.74 Å². The summed E-state index contributed by atoms with van der Waals surface area (Å²) >= 11 is 5.90. The van der Waals surface area contributed by atoms with Crippen molar-refractivity contribution in [1.29, 1.82) is 0 Å². The molecule has 0 fully saturated rings. The molecule has 2 aromatic carbocycles. The van der Waals surface area contributed by atoms with E-state index >= 15 is 0 Å². The van der Waals surface area contributed by atoms with Crippen molar-refractivity contribution in [2.45, 2.75) is 6.61 Å². The Kier molecular flexibility index (Phi) is 4.12. The second-order valence-electron chi connectivity index (χ2n) is 5.03. The van der Waals surface area contributed by atoms with Gasteiger partial charge >= 0.3 is 5.97 Å². The molecule has 0 amide bonds. The van der Waals surface area contributed by atoms with Crippen LogP contribution in [-0.2, 0) is 18.4 Å². The minimum Gasteiger partial charge on any atom is -0.456 e. The third-order valence-corrected chi connectivity index (χ3v) is 3.64. The molecule has 0 saturated carbocycles. The zero-order valence-electron chi connectivity index (χ0n) is 12.3. The Bertz CT molecular complexity index is 950. The van der Waals surface area contributed by atoms with Crippen LogP contribution in [0.5, 0.6) is 0 Å². The molecule has 116 valence electrons. The van der Waals surface area contributed by atoms with Crippen molar-refractivity contribution in [3.8, 4) is 0 Å². The molecule has 0 unspecified atom stereocenters. The molecule has 0 bridgehead atoms. The third kappa shape index (κ3) is 3.10. The third-order valence-electron chi connectivity index (χ3n) is 3.41. The van der Waals surface area contributed by atoms with Crippen LogP contribution in [0.2, 0.25) is 5.02 Å². The van der Waals surface area contributed by atoms with Gasteiger partial charge in [0.15, 0.2) is 5.69 Å². The maximum absolute atomic E-state index is 12.3. The summed E-state index contributed by atoms with van der Waals surface area (Å²) in [6.45, 7) is 0.0816. The number of aryl methyl sites for hydroxylation is 1. The number of fused-ring (bicyclic) bond motifs is 1. The summed E-state index contributed by atoms with van der Waals surface area (Å²) in [7, 11) is 1.50. The molecule has 0 radical (unpaired) electrons. The van der Waals surface area contributed by atoms with Crippen LogP contribution in [-0.4, -0.2) is 15.7 Å². The first kappa shape index (κ1) is 15.2. The van der Waals surface area contributed by atoms with Gasteiger partial charge in [-0.25, -0.2) is 9.48 Å². The highest BCUT2D eigenvalue weighted by Crippen LogP contribution is 2.16. The van der Waals surface area contributed by atoms with Crippen molar-refractivity contribution >= 4 is 28.3 Å². The predicted octanol–water partition coefficient (Wildman–Crippen LogP) is 2.94. The van der Waals surface area contributed by atoms with Crippen LogP contribution in [0.25, 0.3) is 10.8 Å². The minimum atomic E-state index is -0.586. The maximum atomic E-state index is 12.3. The Morgan fingerprint density at radius 3 is 2.65 bits per heavy atom. The lowest BCUT2D eigenvalue weighted by Crippen LogP contribution is -2.23. The number of halogens is 1. The van der Waals surface area contributed by atoms with Crippen LogP contribution in [0, 0.1) is 0 Å². The molecule has 3 aromatic rings. The Labute approximate surface area is 137 Å². The molecule has 23 heavy (non-hydrogen) atoms. The SMILES string of the molecule is Cn1nc(C(=O)OCc2cccc(Cl)c2)c2ccccc2c1=O. The van der Waals surface area contributed by atoms with E-state index in [1.807, 2.05) is 6.07 Å². The minimum absolute atomic E-state index is 0.0816. The number of carbonyl (C=O) groups excluding carboxylic acids is 1. The first-order chi connectivity index (χ1) is 11.1. The number of rotatable bonds is 3. The van der Waals surface area contributed by atoms with Crippen LogP contribution in [0.15, 0.2) is 53.3 Å². The van der Waals surface area contributed by atoms with E-state index in [9.17, 15) is 9.59 Å². The number of hydrogen-bond acceptors (Lipinski definition) is 4. The summed E-state index contributed by atoms with van der Waals surface area (Å²) in [5.41, 5.74) is 0.636. The second kappa shape index (κ2) is 6.22. The van der Waals surface area contributed by atoms with Gasteiger partial charge in [0, 0.05) is 17.5 Å². The summed E-state index contributed by atoms with van der Waals surface area (Å²) < 4.78 is 6.43. The molecule has 1 aromatic heterocycles. The summed E-state index contributed by atoms with van der Waals surface area (Å²) in [6.07, 6.45) is 0. The molecule has 0 N–H and O–H groups in total. The fourth-order valence-electron chi connectivity index (χ4n) is 2.29. The van der Waals surface area contributed by atoms with Crippen molar-refractivity contribution in [3.63, 3.8) is 0 Å². The van der Waals surface area contributed by atoms with Gasteiger partial charge in [0.2, 0.25) is 0 Å².